The van der Waals surface area contributed by atoms with Crippen molar-refractivity contribution in [2.45, 2.75) is 135 Å². The molecule has 5 saturated heterocycles. The minimum absolute atomic E-state index is 0. The fourth-order valence-corrected chi connectivity index (χ4v) is 6.21. The van der Waals surface area contributed by atoms with Crippen LogP contribution in [-0.4, -0.2) is 95.9 Å². The molecule has 0 saturated carbocycles. The first-order valence-corrected chi connectivity index (χ1v) is 16.5. The van der Waals surface area contributed by atoms with E-state index < -0.39 is 29.1 Å². The number of halogens is 1. The quantitative estimate of drug-likeness (QED) is 0.308. The number of ether oxygens (including phenoxy) is 7. The van der Waals surface area contributed by atoms with Crippen LogP contribution in [0.1, 0.15) is 89.6 Å². The van der Waals surface area contributed by atoms with E-state index in [0.29, 0.717) is 0 Å². The van der Waals surface area contributed by atoms with Crippen LogP contribution in [0.15, 0.2) is 30.3 Å². The summed E-state index contributed by atoms with van der Waals surface area (Å²) < 4.78 is 39.0. The topological polar surface area (TPSA) is 125 Å². The molecule has 5 fully saturated rings. The predicted molar refractivity (Wildman–Crippen MR) is 179 cm³/mol. The van der Waals surface area contributed by atoms with E-state index in [0.717, 1.165) is 25.0 Å². The maximum atomic E-state index is 9.44. The molecule has 6 rings (SSSR count). The second kappa shape index (κ2) is 20.2. The predicted octanol–water partition coefficient (Wildman–Crippen LogP) is 2.89. The van der Waals surface area contributed by atoms with Crippen LogP contribution < -0.4 is 29.6 Å². The van der Waals surface area contributed by atoms with Gasteiger partial charge in [0.25, 0.3) is 0 Å². The number of fused-ring (bicyclic) bond motifs is 2. The molecule has 5 aliphatic heterocycles. The summed E-state index contributed by atoms with van der Waals surface area (Å²) in [7, 11) is 0. The first-order chi connectivity index (χ1) is 20.3. The molecule has 0 spiro atoms. The average Bonchev–Trinajstić information content (AvgIpc) is 3.81. The Bertz CT molecular complexity index is 904. The molecule has 1 aromatic carbocycles. The van der Waals surface area contributed by atoms with Gasteiger partial charge < -0.3 is 49.9 Å². The van der Waals surface area contributed by atoms with Gasteiger partial charge in [-0.1, -0.05) is 81.9 Å². The van der Waals surface area contributed by atoms with Gasteiger partial charge in [-0.15, -0.1) is 0 Å². The zero-order valence-electron chi connectivity index (χ0n) is 28.8. The van der Waals surface area contributed by atoms with Gasteiger partial charge in [-0.3, -0.25) is 0 Å². The SMILES string of the molecule is BrCc1ccccc1.C.C.C1CCOC1.CC[C@@]1(CO)O[C@@H]2OC(C)(C)O[C@@H]2[C@@H]1C.C[C@H]1[C@H]2OC(C)(C)O[C@H]2OC1(CO)CO.[H-].[Na+]. The van der Waals surface area contributed by atoms with E-state index in [9.17, 15) is 15.3 Å². The van der Waals surface area contributed by atoms with Crippen LogP contribution in [0.3, 0.4) is 0 Å². The van der Waals surface area contributed by atoms with Gasteiger partial charge in [0, 0.05) is 30.4 Å². The van der Waals surface area contributed by atoms with Gasteiger partial charge in [0.1, 0.15) is 17.8 Å². The summed E-state index contributed by atoms with van der Waals surface area (Å²) >= 11 is 3.36. The van der Waals surface area contributed by atoms with Crippen molar-refractivity contribution in [2.24, 2.45) is 11.8 Å². The maximum Gasteiger partial charge on any atom is 1.00 e. The summed E-state index contributed by atoms with van der Waals surface area (Å²) in [5.41, 5.74) is -0.106. The Morgan fingerprint density at radius 3 is 1.43 bits per heavy atom. The number of hydrogen-bond donors (Lipinski definition) is 3. The van der Waals surface area contributed by atoms with Crippen LogP contribution >= 0.6 is 15.9 Å². The third kappa shape index (κ3) is 11.4. The van der Waals surface area contributed by atoms with E-state index in [1.807, 2.05) is 59.7 Å². The summed E-state index contributed by atoms with van der Waals surface area (Å²) in [5, 5.41) is 28.9. The molecule has 0 bridgehead atoms. The smallest absolute Gasteiger partial charge is 1.00 e. The van der Waals surface area contributed by atoms with Crippen molar-refractivity contribution in [3.63, 3.8) is 0 Å². The minimum Gasteiger partial charge on any atom is -1.00 e. The van der Waals surface area contributed by atoms with E-state index in [1.165, 1.54) is 18.4 Å². The van der Waals surface area contributed by atoms with Crippen LogP contribution in [0.2, 0.25) is 0 Å². The average molecular weight is 734 g/mol. The van der Waals surface area contributed by atoms with E-state index in [-0.39, 0.29) is 96.0 Å². The molecule has 0 aliphatic carbocycles. The summed E-state index contributed by atoms with van der Waals surface area (Å²) in [6.07, 6.45) is 2.22. The zero-order valence-corrected chi connectivity index (χ0v) is 31.4. The van der Waals surface area contributed by atoms with Crippen molar-refractivity contribution in [2.75, 3.05) is 33.0 Å². The first-order valence-electron chi connectivity index (χ1n) is 15.4. The summed E-state index contributed by atoms with van der Waals surface area (Å²) in [5.74, 6) is -1.17. The van der Waals surface area contributed by atoms with Gasteiger partial charge in [0.15, 0.2) is 24.2 Å². The standard InChI is InChI=1S/C11H20O4.C10H18O5.C7H7Br.C4H8O.2CH4.Na.H/c1-5-11(6-12)7(2)8-9(15-11)14-10(3,4)13-8;1-6-7-8(14-9(2,3)13-7)15-10(6,4-11)5-12;8-6-7-4-2-1-3-5-7;1-2-4-5-3-1;;;;/h7-9,12H,5-6H2,1-4H3;6-8,11-12H,4-5H2,1-3H3;1-5H,6H2;1-4H2;2*1H4;;/q;;;;;;+1;-1/t7-,8+,9-,11-;6-,7+,8-;;;;;;/m00....../s1. The van der Waals surface area contributed by atoms with Crippen LogP contribution in [0.25, 0.3) is 0 Å². The van der Waals surface area contributed by atoms with Crippen molar-refractivity contribution in [1.82, 2.24) is 0 Å². The largest absolute Gasteiger partial charge is 1.00 e. The van der Waals surface area contributed by atoms with Crippen LogP contribution in [-0.2, 0) is 38.5 Å². The Morgan fingerprint density at radius 1 is 0.717 bits per heavy atom. The monoisotopic (exact) mass is 732 g/mol. The Balaban J connectivity index is 0. The van der Waals surface area contributed by atoms with Crippen LogP contribution in [0, 0.1) is 11.8 Å². The first kappa shape index (κ1) is 46.3. The van der Waals surface area contributed by atoms with E-state index in [1.54, 1.807) is 0 Å². The Kier molecular flexibility index (Phi) is 20.4. The third-order valence-electron chi connectivity index (χ3n) is 8.75. The summed E-state index contributed by atoms with van der Waals surface area (Å²) in [6.45, 7) is 14.9. The number of hydrogen-bond acceptors (Lipinski definition) is 10. The van der Waals surface area contributed by atoms with E-state index in [4.69, 9.17) is 33.2 Å². The number of aliphatic hydroxyl groups excluding tert-OH is 3. The summed E-state index contributed by atoms with van der Waals surface area (Å²) in [4.78, 5) is 0. The van der Waals surface area contributed by atoms with E-state index in [2.05, 4.69) is 35.0 Å². The molecule has 0 amide bonds. The molecule has 266 valence electrons. The van der Waals surface area contributed by atoms with Crippen molar-refractivity contribution < 1.29 is 79.5 Å². The second-order valence-corrected chi connectivity index (χ2v) is 13.2. The molecule has 0 aromatic heterocycles. The van der Waals surface area contributed by atoms with Crippen LogP contribution in [0.5, 0.6) is 0 Å². The molecular weight excluding hydrogens is 671 g/mol. The number of alkyl halides is 1. The second-order valence-electron chi connectivity index (χ2n) is 12.6. The third-order valence-corrected chi connectivity index (χ3v) is 9.40. The van der Waals surface area contributed by atoms with Gasteiger partial charge in [-0.05, 0) is 52.5 Å². The Morgan fingerprint density at radius 2 is 1.13 bits per heavy atom. The molecule has 12 heteroatoms. The number of aliphatic hydroxyl groups is 3. The normalized spacial score (nSPS) is 33.5. The molecule has 3 N–H and O–H groups in total. The molecular formula is C34H62BrNaO10. The molecule has 0 radical (unpaired) electrons. The molecule has 0 unspecified atom stereocenters. The van der Waals surface area contributed by atoms with Crippen molar-refractivity contribution in [3.05, 3.63) is 35.9 Å². The maximum absolute atomic E-state index is 9.44. The number of benzene rings is 1. The van der Waals surface area contributed by atoms with Gasteiger partial charge in [-0.2, -0.15) is 0 Å². The molecule has 5 aliphatic rings. The Hall–Kier alpha value is 0.300. The van der Waals surface area contributed by atoms with Crippen molar-refractivity contribution >= 4 is 15.9 Å². The van der Waals surface area contributed by atoms with Gasteiger partial charge >= 0.3 is 29.6 Å². The van der Waals surface area contributed by atoms with E-state index >= 15 is 0 Å². The number of rotatable bonds is 5. The van der Waals surface area contributed by atoms with Gasteiger partial charge in [0.05, 0.1) is 25.4 Å². The molecule has 1 aromatic rings. The molecule has 46 heavy (non-hydrogen) atoms. The van der Waals surface area contributed by atoms with Crippen molar-refractivity contribution in [3.8, 4) is 0 Å². The van der Waals surface area contributed by atoms with Crippen LogP contribution in [0.4, 0.5) is 0 Å². The minimum atomic E-state index is -0.939. The fraction of sp³-hybridized carbons (Fsp3) is 0.824. The Labute approximate surface area is 310 Å². The summed E-state index contributed by atoms with van der Waals surface area (Å²) in [6, 6.07) is 10.3. The van der Waals surface area contributed by atoms with Gasteiger partial charge in [-0.25, -0.2) is 0 Å². The van der Waals surface area contributed by atoms with Gasteiger partial charge in [0.2, 0.25) is 0 Å². The fourth-order valence-electron chi connectivity index (χ4n) is 5.84. The molecule has 5 heterocycles. The van der Waals surface area contributed by atoms with Crippen molar-refractivity contribution in [1.29, 1.82) is 0 Å². The molecule has 7 atom stereocenters. The zero-order chi connectivity index (χ0) is 31.9. The molecule has 10 nitrogen and oxygen atoms in total.